The van der Waals surface area contributed by atoms with E-state index in [4.69, 9.17) is 4.74 Å². The lowest BCUT2D eigenvalue weighted by atomic mass is 9.85. The van der Waals surface area contributed by atoms with E-state index < -0.39 is 10.0 Å². The third-order valence-corrected chi connectivity index (χ3v) is 9.60. The number of nitrogens with zero attached hydrogens (tertiary/aromatic N) is 1. The summed E-state index contributed by atoms with van der Waals surface area (Å²) in [6, 6.07) is 15.3. The highest BCUT2D eigenvalue weighted by Crippen LogP contribution is 2.34. The number of benzene rings is 2. The lowest BCUT2D eigenvalue weighted by Gasteiger charge is -2.38. The van der Waals surface area contributed by atoms with Gasteiger partial charge in [-0.15, -0.1) is 0 Å². The number of aryl methyl sites for hydroxylation is 1. The van der Waals surface area contributed by atoms with Crippen molar-refractivity contribution >= 4 is 26.8 Å². The standard InChI is InChI=1S/C29H33N3O4S/c1-19-25-14-13-24(17-26(25)30-28(19)21-5-3-2-4-6-21)37(34,35)31-23-11-9-22(10-12-23)29(33)32-15-16-36-18-27(32)20-7-8-20/h2-7,13-14,17,22-23,27,30-31H,8-12,15-16,18H2,1H3/t22?,23?,27-/m1/s1. The molecule has 0 radical (unpaired) electrons. The Hall–Kier alpha value is -2.94. The topological polar surface area (TPSA) is 91.5 Å². The number of amides is 1. The molecule has 2 aromatic carbocycles. The van der Waals surface area contributed by atoms with E-state index in [9.17, 15) is 13.2 Å². The Labute approximate surface area is 217 Å². The molecule has 2 heterocycles. The number of morpholine rings is 1. The van der Waals surface area contributed by atoms with Crippen molar-refractivity contribution in [2.45, 2.75) is 56.0 Å². The summed E-state index contributed by atoms with van der Waals surface area (Å²) in [6.45, 7) is 3.86. The minimum Gasteiger partial charge on any atom is -0.377 e. The molecule has 8 heteroatoms. The summed E-state index contributed by atoms with van der Waals surface area (Å²) in [6.07, 6.45) is 5.87. The Balaban J connectivity index is 1.12. The maximum Gasteiger partial charge on any atom is 0.240 e. The fourth-order valence-electron chi connectivity index (χ4n) is 5.86. The predicted octanol–water partition coefficient (Wildman–Crippen LogP) is 4.54. The Morgan fingerprint density at radius 3 is 2.57 bits per heavy atom. The van der Waals surface area contributed by atoms with Crippen molar-refractivity contribution in [3.63, 3.8) is 0 Å². The first-order valence-electron chi connectivity index (χ1n) is 13.2. The number of H-pyrrole nitrogens is 1. The number of nitrogens with one attached hydrogen (secondary N) is 2. The van der Waals surface area contributed by atoms with Gasteiger partial charge in [0.15, 0.2) is 0 Å². The van der Waals surface area contributed by atoms with Gasteiger partial charge in [0.25, 0.3) is 0 Å². The molecular weight excluding hydrogens is 486 g/mol. The fraction of sp³-hybridized carbons (Fsp3) is 0.414. The molecule has 6 rings (SSSR count). The Kier molecular flexibility index (Phi) is 6.42. The number of sulfonamides is 1. The molecule has 0 unspecified atom stereocenters. The van der Waals surface area contributed by atoms with Gasteiger partial charge in [-0.3, -0.25) is 4.79 Å². The molecule has 0 spiro atoms. The van der Waals surface area contributed by atoms with Gasteiger partial charge < -0.3 is 14.6 Å². The normalized spacial score (nSPS) is 24.2. The largest absolute Gasteiger partial charge is 0.377 e. The van der Waals surface area contributed by atoms with Crippen molar-refractivity contribution in [3.8, 4) is 11.3 Å². The second-order valence-electron chi connectivity index (χ2n) is 10.5. The smallest absolute Gasteiger partial charge is 0.240 e. The van der Waals surface area contributed by atoms with Gasteiger partial charge in [-0.25, -0.2) is 13.1 Å². The van der Waals surface area contributed by atoms with E-state index in [-0.39, 0.29) is 28.8 Å². The monoisotopic (exact) mass is 519 g/mol. The van der Waals surface area contributed by atoms with E-state index in [1.165, 1.54) is 5.57 Å². The molecule has 1 amide bonds. The summed E-state index contributed by atoms with van der Waals surface area (Å²) in [5, 5.41) is 1.01. The highest BCUT2D eigenvalue weighted by atomic mass is 32.2. The number of ether oxygens (including phenoxy) is 1. The number of carbonyl (C=O) groups excluding carboxylic acids is 1. The van der Waals surface area contributed by atoms with E-state index >= 15 is 0 Å². The maximum atomic E-state index is 13.3. The van der Waals surface area contributed by atoms with Crippen LogP contribution in [-0.4, -0.2) is 56.1 Å². The number of aromatic amines is 1. The SMILES string of the molecule is Cc1c(-c2ccccc2)[nH]c2cc(S(=O)(=O)NC3CCC(C(=O)N4CCOC[C@@H]4C4=CC4)CC3)ccc12. The molecule has 37 heavy (non-hydrogen) atoms. The van der Waals surface area contributed by atoms with Crippen molar-refractivity contribution in [2.75, 3.05) is 19.8 Å². The second kappa shape index (κ2) is 9.74. The number of hydrogen-bond acceptors (Lipinski definition) is 4. The Morgan fingerprint density at radius 2 is 1.84 bits per heavy atom. The summed E-state index contributed by atoms with van der Waals surface area (Å²) in [4.78, 5) is 18.9. The van der Waals surface area contributed by atoms with Crippen LogP contribution in [0.25, 0.3) is 22.2 Å². The lowest BCUT2D eigenvalue weighted by Crippen LogP contribution is -2.51. The van der Waals surface area contributed by atoms with Crippen molar-refractivity contribution in [1.82, 2.24) is 14.6 Å². The number of aromatic nitrogens is 1. The van der Waals surface area contributed by atoms with Crippen molar-refractivity contribution in [3.05, 3.63) is 65.7 Å². The number of fused-ring (bicyclic) bond motifs is 1. The molecule has 194 valence electrons. The van der Waals surface area contributed by atoms with E-state index in [0.29, 0.717) is 45.4 Å². The highest BCUT2D eigenvalue weighted by molar-refractivity contribution is 7.89. The van der Waals surface area contributed by atoms with Crippen LogP contribution in [0.15, 0.2) is 65.1 Å². The van der Waals surface area contributed by atoms with Gasteiger partial charge in [0.1, 0.15) is 0 Å². The van der Waals surface area contributed by atoms with Crippen LogP contribution in [0.2, 0.25) is 0 Å². The van der Waals surface area contributed by atoms with Crippen molar-refractivity contribution < 1.29 is 17.9 Å². The summed E-state index contributed by atoms with van der Waals surface area (Å²) in [5.41, 5.74) is 5.28. The minimum atomic E-state index is -3.68. The molecule has 3 aromatic rings. The number of rotatable bonds is 6. The third-order valence-electron chi connectivity index (χ3n) is 8.08. The Bertz CT molecular complexity index is 1450. The van der Waals surface area contributed by atoms with Crippen molar-refractivity contribution in [2.24, 2.45) is 5.92 Å². The average Bonchev–Trinajstić information content (AvgIpc) is 3.72. The number of allylic oxidation sites excluding steroid dienone is 1. The first kappa shape index (κ1) is 24.4. The van der Waals surface area contributed by atoms with Gasteiger partial charge in [-0.2, -0.15) is 0 Å². The van der Waals surface area contributed by atoms with Gasteiger partial charge in [0, 0.05) is 35.1 Å². The van der Waals surface area contributed by atoms with E-state index in [2.05, 4.69) is 15.8 Å². The fourth-order valence-corrected chi connectivity index (χ4v) is 7.19. The molecule has 1 atom stereocenters. The summed E-state index contributed by atoms with van der Waals surface area (Å²) in [7, 11) is -3.68. The third kappa shape index (κ3) is 4.85. The first-order chi connectivity index (χ1) is 17.9. The van der Waals surface area contributed by atoms with E-state index in [1.54, 1.807) is 12.1 Å². The molecule has 0 bridgehead atoms. The van der Waals surface area contributed by atoms with Crippen LogP contribution in [0.1, 0.15) is 37.7 Å². The molecule has 1 aliphatic heterocycles. The van der Waals surface area contributed by atoms with Gasteiger partial charge in [0.2, 0.25) is 15.9 Å². The first-order valence-corrected chi connectivity index (χ1v) is 14.7. The van der Waals surface area contributed by atoms with Crippen LogP contribution in [-0.2, 0) is 19.6 Å². The number of hydrogen-bond donors (Lipinski definition) is 2. The highest BCUT2D eigenvalue weighted by Gasteiger charge is 2.37. The van der Waals surface area contributed by atoms with Crippen LogP contribution in [0, 0.1) is 12.8 Å². The van der Waals surface area contributed by atoms with Crippen LogP contribution in [0.3, 0.4) is 0 Å². The summed E-state index contributed by atoms with van der Waals surface area (Å²) < 4.78 is 35.1. The molecule has 2 N–H and O–H groups in total. The molecule has 1 aromatic heterocycles. The molecule has 2 aliphatic carbocycles. The number of carbonyl (C=O) groups is 1. The van der Waals surface area contributed by atoms with Crippen LogP contribution >= 0.6 is 0 Å². The predicted molar refractivity (Wildman–Crippen MR) is 144 cm³/mol. The van der Waals surface area contributed by atoms with Gasteiger partial charge in [-0.05, 0) is 67.9 Å². The van der Waals surface area contributed by atoms with Gasteiger partial charge in [-0.1, -0.05) is 42.5 Å². The van der Waals surface area contributed by atoms with Crippen molar-refractivity contribution in [1.29, 1.82) is 0 Å². The Morgan fingerprint density at radius 1 is 1.08 bits per heavy atom. The lowest BCUT2D eigenvalue weighted by molar-refractivity contribution is -0.143. The molecule has 3 aliphatic rings. The summed E-state index contributed by atoms with van der Waals surface area (Å²) >= 11 is 0. The van der Waals surface area contributed by atoms with E-state index in [0.717, 1.165) is 34.1 Å². The van der Waals surface area contributed by atoms with E-state index in [1.807, 2.05) is 48.2 Å². The second-order valence-corrected chi connectivity index (χ2v) is 12.2. The van der Waals surface area contributed by atoms with Gasteiger partial charge in [0.05, 0.1) is 24.2 Å². The quantitative estimate of drug-likeness (QED) is 0.468. The molecular formula is C29H33N3O4S. The molecule has 1 saturated carbocycles. The molecule has 2 fully saturated rings. The summed E-state index contributed by atoms with van der Waals surface area (Å²) in [5.74, 6) is 0.152. The zero-order valence-corrected chi connectivity index (χ0v) is 21.9. The van der Waals surface area contributed by atoms with Crippen LogP contribution in [0.4, 0.5) is 0 Å². The molecule has 7 nitrogen and oxygen atoms in total. The molecule has 1 saturated heterocycles. The van der Waals surface area contributed by atoms with Crippen LogP contribution < -0.4 is 4.72 Å². The zero-order valence-electron chi connectivity index (χ0n) is 21.1. The van der Waals surface area contributed by atoms with Gasteiger partial charge >= 0.3 is 0 Å². The van der Waals surface area contributed by atoms with Crippen LogP contribution in [0.5, 0.6) is 0 Å². The maximum absolute atomic E-state index is 13.3. The zero-order chi connectivity index (χ0) is 25.6. The minimum absolute atomic E-state index is 0.0460. The average molecular weight is 520 g/mol.